The highest BCUT2D eigenvalue weighted by Crippen LogP contribution is 2.33. The number of carbonyl (C=O) groups is 2. The summed E-state index contributed by atoms with van der Waals surface area (Å²) in [7, 11) is 3.19. The minimum atomic E-state index is -0.545. The molecule has 0 N–H and O–H groups in total. The van der Waals surface area contributed by atoms with Crippen LogP contribution in [0.15, 0.2) is 11.2 Å². The summed E-state index contributed by atoms with van der Waals surface area (Å²) in [6.45, 7) is 9.50. The first-order chi connectivity index (χ1) is 11.2. The highest BCUT2D eigenvalue weighted by Gasteiger charge is 2.52. The summed E-state index contributed by atoms with van der Waals surface area (Å²) in [5.74, 6) is 1.05. The van der Waals surface area contributed by atoms with Crippen molar-refractivity contribution in [2.24, 2.45) is 4.99 Å². The van der Waals surface area contributed by atoms with Crippen molar-refractivity contribution < 1.29 is 14.2 Å². The first-order valence-electron chi connectivity index (χ1n) is 8.47. The number of carbonyl (C=O) groups excluding carboxylic acids is 2. The monoisotopic (exact) mass is 332 g/mol. The van der Waals surface area contributed by atoms with Gasteiger partial charge in [-0.05, 0) is 6.42 Å². The van der Waals surface area contributed by atoms with Gasteiger partial charge >= 0.3 is 12.0 Å². The van der Waals surface area contributed by atoms with Crippen molar-refractivity contribution in [3.63, 3.8) is 0 Å². The van der Waals surface area contributed by atoms with Crippen molar-refractivity contribution in [2.75, 3.05) is 14.1 Å². The molecule has 0 bridgehead atoms. The number of unbranched alkanes of at least 4 members (excludes halogenated alkanes) is 1. The number of aliphatic imine (C=N–C) groups is 1. The van der Waals surface area contributed by atoms with Gasteiger partial charge in [0.2, 0.25) is 11.9 Å². The van der Waals surface area contributed by atoms with Crippen LogP contribution < -0.4 is 4.57 Å². The normalized spacial score (nSPS) is 20.4. The molecule has 7 nitrogen and oxygen atoms in total. The third-order valence-corrected chi connectivity index (χ3v) is 4.75. The zero-order chi connectivity index (χ0) is 17.8. The van der Waals surface area contributed by atoms with E-state index in [2.05, 4.69) is 37.3 Å². The quantitative estimate of drug-likeness (QED) is 0.795. The van der Waals surface area contributed by atoms with E-state index in [0.717, 1.165) is 31.0 Å². The summed E-state index contributed by atoms with van der Waals surface area (Å²) < 4.78 is 4.12. The summed E-state index contributed by atoms with van der Waals surface area (Å²) in [6.07, 6.45) is 4.16. The average Bonchev–Trinajstić information content (AvgIpc) is 3.04. The fourth-order valence-corrected chi connectivity index (χ4v) is 3.33. The number of amidine groups is 1. The SMILES string of the molecule is CCCCn1c(C(C)(C)C)c[n+]2c1N=C1C2C(=O)N(C)C(=O)N1C. The van der Waals surface area contributed by atoms with Crippen LogP contribution in [0, 0.1) is 0 Å². The Bertz CT molecular complexity index is 741. The molecular weight excluding hydrogens is 306 g/mol. The van der Waals surface area contributed by atoms with E-state index in [-0.39, 0.29) is 17.4 Å². The summed E-state index contributed by atoms with van der Waals surface area (Å²) in [5, 5.41) is 0. The molecule has 0 radical (unpaired) electrons. The lowest BCUT2D eigenvalue weighted by molar-refractivity contribution is -0.677. The van der Waals surface area contributed by atoms with E-state index in [4.69, 9.17) is 0 Å². The average molecular weight is 332 g/mol. The van der Waals surface area contributed by atoms with Crippen LogP contribution in [0.4, 0.5) is 10.7 Å². The molecule has 2 aliphatic heterocycles. The number of urea groups is 1. The Morgan fingerprint density at radius 3 is 2.46 bits per heavy atom. The van der Waals surface area contributed by atoms with Gasteiger partial charge in [-0.1, -0.05) is 39.1 Å². The van der Waals surface area contributed by atoms with Gasteiger partial charge < -0.3 is 0 Å². The number of likely N-dealkylation sites (N-methyl/N-ethyl adjacent to an activating group) is 2. The van der Waals surface area contributed by atoms with Crippen molar-refractivity contribution in [2.45, 2.75) is 58.5 Å². The first kappa shape index (κ1) is 16.7. The van der Waals surface area contributed by atoms with Gasteiger partial charge in [-0.3, -0.25) is 14.6 Å². The smallest absolute Gasteiger partial charge is 0.270 e. The number of aromatic nitrogens is 2. The first-order valence-corrected chi connectivity index (χ1v) is 8.47. The zero-order valence-electron chi connectivity index (χ0n) is 15.3. The largest absolute Gasteiger partial charge is 0.401 e. The van der Waals surface area contributed by atoms with E-state index in [0.29, 0.717) is 5.84 Å². The second-order valence-electron chi connectivity index (χ2n) is 7.59. The predicted octanol–water partition coefficient (Wildman–Crippen LogP) is 1.98. The fourth-order valence-electron chi connectivity index (χ4n) is 3.33. The number of amides is 3. The van der Waals surface area contributed by atoms with Crippen molar-refractivity contribution >= 4 is 23.7 Å². The second-order valence-corrected chi connectivity index (χ2v) is 7.59. The molecule has 1 aromatic rings. The molecule has 24 heavy (non-hydrogen) atoms. The van der Waals surface area contributed by atoms with Crippen LogP contribution in [-0.2, 0) is 16.8 Å². The molecule has 3 rings (SSSR count). The van der Waals surface area contributed by atoms with Crippen LogP contribution in [0.25, 0.3) is 0 Å². The minimum Gasteiger partial charge on any atom is -0.270 e. The summed E-state index contributed by atoms with van der Waals surface area (Å²) in [4.78, 5) is 32.2. The lowest BCUT2D eigenvalue weighted by Gasteiger charge is -2.30. The predicted molar refractivity (Wildman–Crippen MR) is 90.3 cm³/mol. The molecule has 1 aromatic heterocycles. The van der Waals surface area contributed by atoms with Crippen LogP contribution in [0.2, 0.25) is 0 Å². The lowest BCUT2D eigenvalue weighted by Crippen LogP contribution is -2.61. The molecule has 130 valence electrons. The molecule has 3 amide bonds. The molecule has 0 aromatic carbocycles. The molecule has 7 heteroatoms. The van der Waals surface area contributed by atoms with Gasteiger partial charge in [0, 0.05) is 19.5 Å². The van der Waals surface area contributed by atoms with E-state index >= 15 is 0 Å². The van der Waals surface area contributed by atoms with E-state index in [1.54, 1.807) is 7.05 Å². The van der Waals surface area contributed by atoms with Gasteiger partial charge in [0.25, 0.3) is 5.91 Å². The number of imidazole rings is 1. The maximum atomic E-state index is 12.7. The summed E-state index contributed by atoms with van der Waals surface area (Å²) in [6, 6.07) is -0.881. The topological polar surface area (TPSA) is 61.8 Å². The van der Waals surface area contributed by atoms with Gasteiger partial charge in [-0.2, -0.15) is 0 Å². The van der Waals surface area contributed by atoms with Crippen LogP contribution in [-0.4, -0.2) is 46.2 Å². The lowest BCUT2D eigenvalue weighted by atomic mass is 9.92. The van der Waals surface area contributed by atoms with Gasteiger partial charge in [0.15, 0.2) is 0 Å². The van der Waals surface area contributed by atoms with Crippen molar-refractivity contribution in [3.05, 3.63) is 11.9 Å². The number of nitrogens with zero attached hydrogens (tertiary/aromatic N) is 5. The van der Waals surface area contributed by atoms with Gasteiger partial charge in [-0.15, -0.1) is 0 Å². The Morgan fingerprint density at radius 1 is 1.21 bits per heavy atom. The summed E-state index contributed by atoms with van der Waals surface area (Å²) in [5.41, 5.74) is 1.11. The van der Waals surface area contributed by atoms with Crippen LogP contribution in [0.5, 0.6) is 0 Å². The number of rotatable bonds is 3. The fraction of sp³-hybridized carbons (Fsp3) is 0.647. The molecule has 1 unspecified atom stereocenters. The van der Waals surface area contributed by atoms with Gasteiger partial charge in [0.05, 0.1) is 6.54 Å². The molecule has 1 atom stereocenters. The number of imide groups is 1. The van der Waals surface area contributed by atoms with E-state index < -0.39 is 6.04 Å². The molecule has 3 heterocycles. The molecule has 1 saturated heterocycles. The molecule has 0 spiro atoms. The Kier molecular flexibility index (Phi) is 3.77. The van der Waals surface area contributed by atoms with E-state index in [9.17, 15) is 9.59 Å². The van der Waals surface area contributed by atoms with E-state index in [1.165, 1.54) is 16.8 Å². The third-order valence-electron chi connectivity index (χ3n) is 4.75. The molecular formula is C17H26N5O2+. The number of hydrogen-bond donors (Lipinski definition) is 0. The van der Waals surface area contributed by atoms with Gasteiger partial charge in [-0.25, -0.2) is 13.9 Å². The van der Waals surface area contributed by atoms with Crippen LogP contribution in [0.3, 0.4) is 0 Å². The highest BCUT2D eigenvalue weighted by atomic mass is 16.2. The van der Waals surface area contributed by atoms with Crippen molar-refractivity contribution in [1.82, 2.24) is 14.4 Å². The van der Waals surface area contributed by atoms with Crippen LogP contribution >= 0.6 is 0 Å². The Hall–Kier alpha value is -2.18. The van der Waals surface area contributed by atoms with Crippen LogP contribution in [0.1, 0.15) is 52.3 Å². The molecule has 1 fully saturated rings. The minimum absolute atomic E-state index is 0.0495. The summed E-state index contributed by atoms with van der Waals surface area (Å²) >= 11 is 0. The Labute approximate surface area is 142 Å². The molecule has 2 aliphatic rings. The molecule has 0 saturated carbocycles. The van der Waals surface area contributed by atoms with Crippen molar-refractivity contribution in [3.8, 4) is 0 Å². The number of hydrogen-bond acceptors (Lipinski definition) is 3. The Balaban J connectivity index is 2.16. The third kappa shape index (κ3) is 2.25. The zero-order valence-corrected chi connectivity index (χ0v) is 15.3. The standard InChI is InChI=1S/C17H26N5O2/c1-7-8-9-21-11(17(2,3)4)10-22-12-13(18-15(21)22)19(5)16(24)20(6)14(12)23/h10,12H,7-9H2,1-6H3/q+1. The maximum Gasteiger partial charge on any atom is 0.401 e. The van der Waals surface area contributed by atoms with E-state index in [1.807, 2.05) is 10.8 Å². The van der Waals surface area contributed by atoms with Gasteiger partial charge in [0.1, 0.15) is 11.9 Å². The Morgan fingerprint density at radius 2 is 1.88 bits per heavy atom. The second kappa shape index (κ2) is 5.43. The van der Waals surface area contributed by atoms with Crippen molar-refractivity contribution in [1.29, 1.82) is 0 Å². The number of fused-ring (bicyclic) bond motifs is 3. The maximum absolute atomic E-state index is 12.7. The highest BCUT2D eigenvalue weighted by molar-refractivity contribution is 6.18. The molecule has 0 aliphatic carbocycles.